The molecule has 0 fully saturated rings. The highest BCUT2D eigenvalue weighted by Gasteiger charge is 2.15. The minimum atomic E-state index is -0.502. The Morgan fingerprint density at radius 1 is 1.12 bits per heavy atom. The zero-order chi connectivity index (χ0) is 17.7. The Hall–Kier alpha value is -2.31. The molecule has 0 radical (unpaired) electrons. The van der Waals surface area contributed by atoms with Crippen molar-refractivity contribution in [1.29, 1.82) is 0 Å². The average Bonchev–Trinajstić information content (AvgIpc) is 2.55. The van der Waals surface area contributed by atoms with Crippen molar-refractivity contribution in [1.82, 2.24) is 0 Å². The zero-order valence-corrected chi connectivity index (χ0v) is 14.1. The number of nitrogens with zero attached hydrogens (tertiary/aromatic N) is 1. The van der Waals surface area contributed by atoms with Crippen molar-refractivity contribution in [2.75, 3.05) is 6.61 Å². The van der Waals surface area contributed by atoms with Gasteiger partial charge in [0.05, 0.1) is 23.0 Å². The van der Waals surface area contributed by atoms with E-state index in [2.05, 4.69) is 0 Å². The van der Waals surface area contributed by atoms with Crippen molar-refractivity contribution in [3.05, 3.63) is 62.1 Å². The molecule has 0 spiro atoms. The minimum absolute atomic E-state index is 0.00417. The SMILES string of the molecule is CCOC(=O)Cc1ccc(Oc2ccc([N+](=O)[O-])cc2)c(Cl)c1Cl. The van der Waals surface area contributed by atoms with Gasteiger partial charge in [0.25, 0.3) is 5.69 Å². The molecule has 6 nitrogen and oxygen atoms in total. The van der Waals surface area contributed by atoms with E-state index in [1.165, 1.54) is 24.3 Å². The van der Waals surface area contributed by atoms with E-state index in [0.29, 0.717) is 11.3 Å². The normalized spacial score (nSPS) is 10.3. The Kier molecular flexibility index (Phi) is 6.00. The number of carbonyl (C=O) groups excluding carboxylic acids is 1. The number of ether oxygens (including phenoxy) is 2. The largest absolute Gasteiger partial charge is 0.466 e. The van der Waals surface area contributed by atoms with Crippen molar-refractivity contribution in [3.63, 3.8) is 0 Å². The number of esters is 1. The van der Waals surface area contributed by atoms with E-state index in [-0.39, 0.29) is 34.5 Å². The van der Waals surface area contributed by atoms with E-state index < -0.39 is 10.9 Å². The second-order valence-corrected chi connectivity index (χ2v) is 5.44. The van der Waals surface area contributed by atoms with Crippen LogP contribution in [0, 0.1) is 10.1 Å². The van der Waals surface area contributed by atoms with Crippen LogP contribution in [0.5, 0.6) is 11.5 Å². The molecule has 0 bridgehead atoms. The Labute approximate surface area is 148 Å². The Morgan fingerprint density at radius 2 is 1.79 bits per heavy atom. The number of hydrogen-bond donors (Lipinski definition) is 0. The van der Waals surface area contributed by atoms with E-state index in [1.54, 1.807) is 19.1 Å². The highest BCUT2D eigenvalue weighted by Crippen LogP contribution is 2.37. The minimum Gasteiger partial charge on any atom is -0.466 e. The van der Waals surface area contributed by atoms with Gasteiger partial charge in [0.2, 0.25) is 0 Å². The van der Waals surface area contributed by atoms with Crippen LogP contribution < -0.4 is 4.74 Å². The molecule has 0 unspecified atom stereocenters. The molecular formula is C16H13Cl2NO5. The summed E-state index contributed by atoms with van der Waals surface area (Å²) in [6.45, 7) is 2.00. The molecule has 0 aliphatic heterocycles. The molecule has 0 amide bonds. The summed E-state index contributed by atoms with van der Waals surface area (Å²) in [7, 11) is 0. The summed E-state index contributed by atoms with van der Waals surface area (Å²) in [5.41, 5.74) is 0.479. The van der Waals surface area contributed by atoms with E-state index in [1.807, 2.05) is 0 Å². The molecule has 0 heterocycles. The maximum Gasteiger partial charge on any atom is 0.310 e. The quantitative estimate of drug-likeness (QED) is 0.415. The summed E-state index contributed by atoms with van der Waals surface area (Å²) in [5, 5.41) is 11.0. The zero-order valence-electron chi connectivity index (χ0n) is 12.6. The molecule has 2 rings (SSSR count). The Morgan fingerprint density at radius 3 is 2.38 bits per heavy atom. The number of nitro groups is 1. The predicted octanol–water partition coefficient (Wildman–Crippen LogP) is 4.80. The molecule has 0 aromatic heterocycles. The Balaban J connectivity index is 2.18. The molecule has 0 atom stereocenters. The van der Waals surface area contributed by atoms with E-state index in [0.717, 1.165) is 0 Å². The van der Waals surface area contributed by atoms with Gasteiger partial charge in [0.15, 0.2) is 0 Å². The number of non-ortho nitro benzene ring substituents is 1. The van der Waals surface area contributed by atoms with Crippen LogP contribution in [0.4, 0.5) is 5.69 Å². The topological polar surface area (TPSA) is 78.7 Å². The molecule has 2 aromatic carbocycles. The summed E-state index contributed by atoms with van der Waals surface area (Å²) in [6, 6.07) is 8.74. The number of benzene rings is 2. The van der Waals surface area contributed by atoms with Crippen LogP contribution in [-0.4, -0.2) is 17.5 Å². The molecule has 0 aliphatic rings. The fourth-order valence-electron chi connectivity index (χ4n) is 1.92. The highest BCUT2D eigenvalue weighted by molar-refractivity contribution is 6.43. The maximum atomic E-state index is 11.5. The first kappa shape index (κ1) is 18.0. The third-order valence-corrected chi connectivity index (χ3v) is 3.95. The van der Waals surface area contributed by atoms with Gasteiger partial charge in [-0.25, -0.2) is 0 Å². The first-order chi connectivity index (χ1) is 11.4. The lowest BCUT2D eigenvalue weighted by Crippen LogP contribution is -2.08. The summed E-state index contributed by atoms with van der Waals surface area (Å²) < 4.78 is 10.4. The van der Waals surface area contributed by atoms with Crippen LogP contribution in [0.1, 0.15) is 12.5 Å². The highest BCUT2D eigenvalue weighted by atomic mass is 35.5. The third kappa shape index (κ3) is 4.37. The molecule has 0 N–H and O–H groups in total. The van der Waals surface area contributed by atoms with E-state index in [4.69, 9.17) is 32.7 Å². The van der Waals surface area contributed by atoms with Crippen molar-refractivity contribution < 1.29 is 19.2 Å². The van der Waals surface area contributed by atoms with Gasteiger partial charge in [0.1, 0.15) is 16.5 Å². The van der Waals surface area contributed by atoms with Crippen LogP contribution in [-0.2, 0) is 16.0 Å². The fourth-order valence-corrected chi connectivity index (χ4v) is 2.36. The summed E-state index contributed by atoms with van der Waals surface area (Å²) >= 11 is 12.3. The summed E-state index contributed by atoms with van der Waals surface area (Å²) in [4.78, 5) is 21.7. The standard InChI is InChI=1S/C16H13Cl2NO5/c1-2-23-14(20)9-10-3-8-13(16(18)15(10)17)24-12-6-4-11(5-7-12)19(21)22/h3-8H,2,9H2,1H3. The Bertz CT molecular complexity index is 762. The van der Waals surface area contributed by atoms with Gasteiger partial charge < -0.3 is 9.47 Å². The first-order valence-electron chi connectivity index (χ1n) is 6.97. The second-order valence-electron chi connectivity index (χ2n) is 4.69. The molecule has 0 saturated carbocycles. The summed E-state index contributed by atoms with van der Waals surface area (Å²) in [6.07, 6.45) is 0.00417. The van der Waals surface area contributed by atoms with Gasteiger partial charge in [-0.1, -0.05) is 29.3 Å². The third-order valence-electron chi connectivity index (χ3n) is 3.04. The molecule has 126 valence electrons. The number of halogens is 2. The molecule has 24 heavy (non-hydrogen) atoms. The van der Waals surface area contributed by atoms with Gasteiger partial charge in [-0.15, -0.1) is 0 Å². The number of carbonyl (C=O) groups is 1. The van der Waals surface area contributed by atoms with Gasteiger partial charge in [-0.3, -0.25) is 14.9 Å². The lowest BCUT2D eigenvalue weighted by Gasteiger charge is -2.11. The van der Waals surface area contributed by atoms with Crippen molar-refractivity contribution in [2.45, 2.75) is 13.3 Å². The fraction of sp³-hybridized carbons (Fsp3) is 0.188. The van der Waals surface area contributed by atoms with Crippen LogP contribution in [0.25, 0.3) is 0 Å². The average molecular weight is 370 g/mol. The van der Waals surface area contributed by atoms with Gasteiger partial charge >= 0.3 is 5.97 Å². The molecule has 2 aromatic rings. The van der Waals surface area contributed by atoms with Gasteiger partial charge in [-0.05, 0) is 30.7 Å². The van der Waals surface area contributed by atoms with Crippen molar-refractivity contribution in [2.24, 2.45) is 0 Å². The van der Waals surface area contributed by atoms with Crippen LogP contribution in [0.3, 0.4) is 0 Å². The van der Waals surface area contributed by atoms with Crippen LogP contribution in [0.15, 0.2) is 36.4 Å². The van der Waals surface area contributed by atoms with Crippen molar-refractivity contribution >= 4 is 34.9 Å². The lowest BCUT2D eigenvalue weighted by molar-refractivity contribution is -0.384. The molecule has 8 heteroatoms. The van der Waals surface area contributed by atoms with Crippen molar-refractivity contribution in [3.8, 4) is 11.5 Å². The first-order valence-corrected chi connectivity index (χ1v) is 7.72. The summed E-state index contributed by atoms with van der Waals surface area (Å²) in [5.74, 6) is 0.249. The number of nitro benzene ring substituents is 1. The molecule has 0 saturated heterocycles. The molecule has 0 aliphatic carbocycles. The van der Waals surface area contributed by atoms with E-state index in [9.17, 15) is 14.9 Å². The number of hydrogen-bond acceptors (Lipinski definition) is 5. The molecular weight excluding hydrogens is 357 g/mol. The van der Waals surface area contributed by atoms with Crippen LogP contribution >= 0.6 is 23.2 Å². The second kappa shape index (κ2) is 7.99. The van der Waals surface area contributed by atoms with Gasteiger partial charge in [0, 0.05) is 12.1 Å². The number of rotatable bonds is 6. The predicted molar refractivity (Wildman–Crippen MR) is 90.0 cm³/mol. The smallest absolute Gasteiger partial charge is 0.310 e. The van der Waals surface area contributed by atoms with E-state index >= 15 is 0 Å². The monoisotopic (exact) mass is 369 g/mol. The maximum absolute atomic E-state index is 11.5. The lowest BCUT2D eigenvalue weighted by atomic mass is 10.1. The van der Waals surface area contributed by atoms with Gasteiger partial charge in [-0.2, -0.15) is 0 Å². The van der Waals surface area contributed by atoms with Crippen LogP contribution in [0.2, 0.25) is 10.0 Å².